The zero-order valence-corrected chi connectivity index (χ0v) is 12.3. The number of nitrogens with one attached hydrogen (secondary N) is 1. The number of aryl methyl sites for hydroxylation is 1. The lowest BCUT2D eigenvalue weighted by Gasteiger charge is -2.20. The van der Waals surface area contributed by atoms with Crippen molar-refractivity contribution in [2.75, 3.05) is 14.2 Å². The van der Waals surface area contributed by atoms with Gasteiger partial charge >= 0.3 is 0 Å². The van der Waals surface area contributed by atoms with Crippen LogP contribution in [0.4, 0.5) is 4.39 Å². The topological polar surface area (TPSA) is 56.5 Å². The Labute approximate surface area is 123 Å². The van der Waals surface area contributed by atoms with Crippen LogP contribution in [0.15, 0.2) is 36.4 Å². The van der Waals surface area contributed by atoms with Crippen molar-refractivity contribution in [3.8, 4) is 11.5 Å². The largest absolute Gasteiger partial charge is 0.496 e. The molecule has 2 aromatic carbocycles. The zero-order chi connectivity index (χ0) is 15.4. The van der Waals surface area contributed by atoms with Gasteiger partial charge in [-0.2, -0.15) is 0 Å². The maximum absolute atomic E-state index is 13.9. The van der Waals surface area contributed by atoms with Crippen molar-refractivity contribution in [2.24, 2.45) is 5.84 Å². The summed E-state index contributed by atoms with van der Waals surface area (Å²) in [5.41, 5.74) is 5.32. The van der Waals surface area contributed by atoms with Gasteiger partial charge in [0, 0.05) is 5.56 Å². The van der Waals surface area contributed by atoms with Crippen molar-refractivity contribution < 1.29 is 13.9 Å². The molecule has 4 nitrogen and oxygen atoms in total. The third kappa shape index (κ3) is 3.15. The lowest BCUT2D eigenvalue weighted by atomic mass is 9.97. The van der Waals surface area contributed by atoms with Gasteiger partial charge < -0.3 is 9.47 Å². The standard InChI is InChI=1S/C16H19FN2O2/c1-10-4-6-12(15(8-10)21-3)16(19-18)11-5-7-14(20-2)13(17)9-11/h4-9,16,19H,18H2,1-3H3. The summed E-state index contributed by atoms with van der Waals surface area (Å²) >= 11 is 0. The summed E-state index contributed by atoms with van der Waals surface area (Å²) in [6, 6.07) is 10.2. The monoisotopic (exact) mass is 290 g/mol. The molecule has 112 valence electrons. The predicted octanol–water partition coefficient (Wildman–Crippen LogP) is 2.70. The van der Waals surface area contributed by atoms with Gasteiger partial charge in [0.25, 0.3) is 0 Å². The third-order valence-corrected chi connectivity index (χ3v) is 3.38. The van der Waals surface area contributed by atoms with Crippen LogP contribution >= 0.6 is 0 Å². The molecular weight excluding hydrogens is 271 g/mol. The lowest BCUT2D eigenvalue weighted by Crippen LogP contribution is -2.29. The van der Waals surface area contributed by atoms with E-state index in [9.17, 15) is 4.39 Å². The molecule has 2 rings (SSSR count). The molecule has 5 heteroatoms. The average molecular weight is 290 g/mol. The number of benzene rings is 2. The van der Waals surface area contributed by atoms with E-state index < -0.39 is 5.82 Å². The van der Waals surface area contributed by atoms with Crippen LogP contribution in [0.1, 0.15) is 22.7 Å². The molecule has 0 aliphatic carbocycles. The molecule has 0 spiro atoms. The molecule has 0 aliphatic heterocycles. The third-order valence-electron chi connectivity index (χ3n) is 3.38. The fourth-order valence-electron chi connectivity index (χ4n) is 2.28. The van der Waals surface area contributed by atoms with Crippen LogP contribution in [0.3, 0.4) is 0 Å². The molecule has 0 aromatic heterocycles. The second-order valence-corrected chi connectivity index (χ2v) is 4.74. The first-order valence-electron chi connectivity index (χ1n) is 6.54. The summed E-state index contributed by atoms with van der Waals surface area (Å²) in [6.45, 7) is 1.98. The van der Waals surface area contributed by atoms with Crippen molar-refractivity contribution >= 4 is 0 Å². The molecule has 1 atom stereocenters. The van der Waals surface area contributed by atoms with Gasteiger partial charge in [0.05, 0.1) is 20.3 Å². The Bertz CT molecular complexity index is 632. The number of rotatable bonds is 5. The van der Waals surface area contributed by atoms with Crippen molar-refractivity contribution in [1.82, 2.24) is 5.43 Å². The maximum Gasteiger partial charge on any atom is 0.165 e. The van der Waals surface area contributed by atoms with Gasteiger partial charge in [-0.15, -0.1) is 0 Å². The zero-order valence-electron chi connectivity index (χ0n) is 12.3. The molecule has 0 bridgehead atoms. The lowest BCUT2D eigenvalue weighted by molar-refractivity contribution is 0.385. The molecule has 0 aliphatic rings. The summed E-state index contributed by atoms with van der Waals surface area (Å²) in [6.07, 6.45) is 0. The van der Waals surface area contributed by atoms with E-state index >= 15 is 0 Å². The number of methoxy groups -OCH3 is 2. The fraction of sp³-hybridized carbons (Fsp3) is 0.250. The number of hydrazine groups is 1. The van der Waals surface area contributed by atoms with Crippen molar-refractivity contribution in [3.63, 3.8) is 0 Å². The van der Waals surface area contributed by atoms with E-state index in [4.69, 9.17) is 15.3 Å². The van der Waals surface area contributed by atoms with Crippen molar-refractivity contribution in [3.05, 3.63) is 58.9 Å². The van der Waals surface area contributed by atoms with E-state index in [2.05, 4.69) is 5.43 Å². The first kappa shape index (κ1) is 15.3. The van der Waals surface area contributed by atoms with E-state index in [-0.39, 0.29) is 11.8 Å². The first-order valence-corrected chi connectivity index (χ1v) is 6.54. The fourth-order valence-corrected chi connectivity index (χ4v) is 2.28. The molecular formula is C16H19FN2O2. The molecule has 0 heterocycles. The Hall–Kier alpha value is -2.11. The van der Waals surface area contributed by atoms with Gasteiger partial charge in [-0.1, -0.05) is 18.2 Å². The van der Waals surface area contributed by atoms with Gasteiger partial charge in [0.2, 0.25) is 0 Å². The number of halogens is 1. The van der Waals surface area contributed by atoms with Gasteiger partial charge in [-0.25, -0.2) is 9.82 Å². The molecule has 21 heavy (non-hydrogen) atoms. The molecule has 2 aromatic rings. The molecule has 0 saturated carbocycles. The summed E-state index contributed by atoms with van der Waals surface area (Å²) in [5, 5.41) is 0. The molecule has 0 radical (unpaired) electrons. The summed E-state index contributed by atoms with van der Waals surface area (Å²) < 4.78 is 24.2. The van der Waals surface area contributed by atoms with E-state index in [0.29, 0.717) is 11.3 Å². The van der Waals surface area contributed by atoms with Gasteiger partial charge in [-0.05, 0) is 36.2 Å². The molecule has 1 unspecified atom stereocenters. The van der Waals surface area contributed by atoms with Gasteiger partial charge in [0.1, 0.15) is 5.75 Å². The van der Waals surface area contributed by atoms with Crippen LogP contribution in [0.2, 0.25) is 0 Å². The Kier molecular flexibility index (Phi) is 4.77. The first-order chi connectivity index (χ1) is 10.1. The molecule has 0 saturated heterocycles. The summed E-state index contributed by atoms with van der Waals surface area (Å²) in [4.78, 5) is 0. The molecule has 0 fully saturated rings. The van der Waals surface area contributed by atoms with E-state index in [0.717, 1.165) is 11.1 Å². The van der Waals surface area contributed by atoms with Crippen LogP contribution in [0.5, 0.6) is 11.5 Å². The number of hydrogen-bond acceptors (Lipinski definition) is 4. The Morgan fingerprint density at radius 3 is 2.33 bits per heavy atom. The van der Waals surface area contributed by atoms with Crippen LogP contribution in [-0.4, -0.2) is 14.2 Å². The smallest absolute Gasteiger partial charge is 0.165 e. The predicted molar refractivity (Wildman–Crippen MR) is 79.8 cm³/mol. The Balaban J connectivity index is 2.46. The highest BCUT2D eigenvalue weighted by Crippen LogP contribution is 2.32. The summed E-state index contributed by atoms with van der Waals surface area (Å²) in [5.74, 6) is 6.13. The average Bonchev–Trinajstić information content (AvgIpc) is 2.49. The quantitative estimate of drug-likeness (QED) is 0.656. The minimum Gasteiger partial charge on any atom is -0.496 e. The number of ether oxygens (including phenoxy) is 2. The van der Waals surface area contributed by atoms with Crippen LogP contribution in [-0.2, 0) is 0 Å². The second kappa shape index (κ2) is 6.56. The van der Waals surface area contributed by atoms with Gasteiger partial charge in [-0.3, -0.25) is 5.84 Å². The molecule has 0 amide bonds. The van der Waals surface area contributed by atoms with E-state index in [1.54, 1.807) is 19.2 Å². The van der Waals surface area contributed by atoms with Gasteiger partial charge in [0.15, 0.2) is 11.6 Å². The highest BCUT2D eigenvalue weighted by Gasteiger charge is 2.18. The van der Waals surface area contributed by atoms with Crippen molar-refractivity contribution in [1.29, 1.82) is 0 Å². The minimum atomic E-state index is -0.429. The van der Waals surface area contributed by atoms with Crippen LogP contribution < -0.4 is 20.7 Å². The Morgan fingerprint density at radius 1 is 1.05 bits per heavy atom. The number of nitrogens with two attached hydrogens (primary N) is 1. The normalized spacial score (nSPS) is 12.0. The van der Waals surface area contributed by atoms with Crippen molar-refractivity contribution in [2.45, 2.75) is 13.0 Å². The minimum absolute atomic E-state index is 0.199. The Morgan fingerprint density at radius 2 is 1.76 bits per heavy atom. The molecule has 3 N–H and O–H groups in total. The highest BCUT2D eigenvalue weighted by atomic mass is 19.1. The van der Waals surface area contributed by atoms with E-state index in [1.165, 1.54) is 13.2 Å². The van der Waals surface area contributed by atoms with Crippen LogP contribution in [0.25, 0.3) is 0 Å². The second-order valence-electron chi connectivity index (χ2n) is 4.74. The maximum atomic E-state index is 13.9. The van der Waals surface area contributed by atoms with E-state index in [1.807, 2.05) is 25.1 Å². The number of hydrogen-bond donors (Lipinski definition) is 2. The summed E-state index contributed by atoms with van der Waals surface area (Å²) in [7, 11) is 3.03. The highest BCUT2D eigenvalue weighted by molar-refractivity contribution is 5.44. The van der Waals surface area contributed by atoms with Crippen LogP contribution in [0, 0.1) is 12.7 Å². The SMILES string of the molecule is COc1ccc(C(NN)c2ccc(C)cc2OC)cc1F.